The average Bonchev–Trinajstić information content (AvgIpc) is 3.34. The molecule has 0 bridgehead atoms. The highest BCUT2D eigenvalue weighted by Crippen LogP contribution is 2.19. The molecule has 5 nitrogen and oxygen atoms in total. The van der Waals surface area contributed by atoms with E-state index in [0.717, 1.165) is 32.1 Å². The third-order valence-electron chi connectivity index (χ3n) is 15.1. The molecule has 0 heterocycles. The first kappa shape index (κ1) is 67.1. The van der Waals surface area contributed by atoms with Gasteiger partial charge in [-0.2, -0.15) is 0 Å². The van der Waals surface area contributed by atoms with Crippen LogP contribution in [0.1, 0.15) is 361 Å². The molecular weight excluding hydrogens is 835 g/mol. The zero-order valence-corrected chi connectivity index (χ0v) is 46.5. The van der Waals surface area contributed by atoms with E-state index < -0.39 is 24.2 Å². The molecule has 0 fully saturated rings. The molecule has 0 aliphatic rings. The van der Waals surface area contributed by atoms with Gasteiger partial charge in [0.15, 0.2) is 0 Å². The first-order valence-electron chi connectivity index (χ1n) is 31.5. The lowest BCUT2D eigenvalue weighted by atomic mass is 10.0. The smallest absolute Gasteiger partial charge is 0.249 e. The molecule has 0 aromatic carbocycles. The lowest BCUT2D eigenvalue weighted by Gasteiger charge is -2.21. The molecule has 3 unspecified atom stereocenters. The first-order valence-corrected chi connectivity index (χ1v) is 31.5. The Morgan fingerprint density at radius 3 is 0.809 bits per heavy atom. The fraction of sp³-hybridized carbons (Fsp3) is 0.952. The van der Waals surface area contributed by atoms with Gasteiger partial charge in [-0.25, -0.2) is 0 Å². The summed E-state index contributed by atoms with van der Waals surface area (Å²) >= 11 is 0. The molecule has 0 saturated carbocycles. The average molecular weight is 961 g/mol. The van der Waals surface area contributed by atoms with Gasteiger partial charge in [0.05, 0.1) is 18.8 Å². The summed E-state index contributed by atoms with van der Waals surface area (Å²) < 4.78 is 0. The molecule has 1 amide bonds. The van der Waals surface area contributed by atoms with Crippen LogP contribution >= 0.6 is 0 Å². The molecule has 68 heavy (non-hydrogen) atoms. The van der Waals surface area contributed by atoms with Gasteiger partial charge in [-0.3, -0.25) is 4.79 Å². The number of unbranched alkanes of at least 4 members (excludes halogenated alkanes) is 51. The summed E-state index contributed by atoms with van der Waals surface area (Å²) in [4.78, 5) is 12.6. The summed E-state index contributed by atoms with van der Waals surface area (Å²) in [5.41, 5.74) is 0. The minimum atomic E-state index is -1.09. The highest BCUT2D eigenvalue weighted by atomic mass is 16.3. The zero-order valence-electron chi connectivity index (χ0n) is 46.5. The number of carbonyl (C=O) groups is 1. The van der Waals surface area contributed by atoms with Crippen LogP contribution in [0, 0.1) is 0 Å². The minimum Gasteiger partial charge on any atom is -0.394 e. The molecule has 0 aromatic rings. The molecule has 0 aliphatic heterocycles. The number of allylic oxidation sites excluding steroid dienone is 1. The number of hydrogen-bond donors (Lipinski definition) is 4. The number of aliphatic hydroxyl groups excluding tert-OH is 3. The fourth-order valence-corrected chi connectivity index (χ4v) is 10.3. The molecule has 0 aliphatic carbocycles. The fourth-order valence-electron chi connectivity index (χ4n) is 10.3. The van der Waals surface area contributed by atoms with E-state index in [1.807, 2.05) is 6.08 Å². The molecular formula is C63H125NO4. The first-order chi connectivity index (χ1) is 33.6. The molecule has 0 aromatic heterocycles. The SMILES string of the molecule is CCCCCCCCCCCCCCCCCCCCCCCC/C=C/C(O)C(CO)NC(=O)C(O)CCCCCCCCCCCCCCCCCCCCCCCCCCCCCCCC. The normalized spacial score (nSPS) is 13.2. The van der Waals surface area contributed by atoms with Crippen molar-refractivity contribution in [1.82, 2.24) is 5.32 Å². The number of carbonyl (C=O) groups excluding carboxylic acids is 1. The van der Waals surface area contributed by atoms with E-state index in [-0.39, 0.29) is 6.61 Å². The maximum Gasteiger partial charge on any atom is 0.249 e. The van der Waals surface area contributed by atoms with Crippen molar-refractivity contribution in [2.24, 2.45) is 0 Å². The van der Waals surface area contributed by atoms with Crippen molar-refractivity contribution in [3.05, 3.63) is 12.2 Å². The number of rotatable bonds is 59. The van der Waals surface area contributed by atoms with Gasteiger partial charge < -0.3 is 20.6 Å². The Hall–Kier alpha value is -0.910. The highest BCUT2D eigenvalue weighted by Gasteiger charge is 2.22. The van der Waals surface area contributed by atoms with Gasteiger partial charge in [0, 0.05) is 0 Å². The van der Waals surface area contributed by atoms with Crippen LogP contribution in [-0.4, -0.2) is 46.1 Å². The van der Waals surface area contributed by atoms with Crippen LogP contribution < -0.4 is 5.32 Å². The van der Waals surface area contributed by atoms with Crippen molar-refractivity contribution in [2.75, 3.05) is 6.61 Å². The minimum absolute atomic E-state index is 0.358. The van der Waals surface area contributed by atoms with Gasteiger partial charge in [-0.1, -0.05) is 353 Å². The van der Waals surface area contributed by atoms with Gasteiger partial charge in [0.25, 0.3) is 0 Å². The van der Waals surface area contributed by atoms with Gasteiger partial charge in [0.2, 0.25) is 5.91 Å². The Morgan fingerprint density at radius 2 is 0.574 bits per heavy atom. The van der Waals surface area contributed by atoms with E-state index in [4.69, 9.17) is 0 Å². The molecule has 3 atom stereocenters. The second-order valence-corrected chi connectivity index (χ2v) is 22.0. The Balaban J connectivity index is 3.49. The number of amides is 1. The van der Waals surface area contributed by atoms with Crippen LogP contribution in [0.25, 0.3) is 0 Å². The highest BCUT2D eigenvalue weighted by molar-refractivity contribution is 5.80. The van der Waals surface area contributed by atoms with Crippen LogP contribution in [0.5, 0.6) is 0 Å². The predicted octanol–water partition coefficient (Wildman–Crippen LogP) is 19.8. The van der Waals surface area contributed by atoms with Crippen molar-refractivity contribution in [1.29, 1.82) is 0 Å². The van der Waals surface area contributed by atoms with Crippen molar-refractivity contribution < 1.29 is 20.1 Å². The predicted molar refractivity (Wildman–Crippen MR) is 301 cm³/mol. The largest absolute Gasteiger partial charge is 0.394 e. The van der Waals surface area contributed by atoms with Crippen LogP contribution in [0.15, 0.2) is 12.2 Å². The summed E-state index contributed by atoms with van der Waals surface area (Å²) in [6.45, 7) is 4.24. The molecule has 5 heteroatoms. The third kappa shape index (κ3) is 52.9. The molecule has 0 saturated heterocycles. The second-order valence-electron chi connectivity index (χ2n) is 22.0. The van der Waals surface area contributed by atoms with Gasteiger partial charge in [-0.05, 0) is 19.3 Å². The van der Waals surface area contributed by atoms with E-state index in [1.165, 1.54) is 308 Å². The number of nitrogens with one attached hydrogen (secondary N) is 1. The van der Waals surface area contributed by atoms with E-state index in [1.54, 1.807) is 6.08 Å². The van der Waals surface area contributed by atoms with E-state index in [9.17, 15) is 20.1 Å². The standard InChI is InChI=1S/C63H125NO4/c1-3-5-7-9-11-13-15-17-19-21-23-25-27-29-30-31-32-33-34-36-38-40-42-44-46-48-50-52-54-56-58-62(67)63(68)64-60(59-65)61(66)57-55-53-51-49-47-45-43-41-39-37-35-28-26-24-22-20-18-16-14-12-10-8-6-4-2/h55,57,60-62,65-67H,3-54,56,58-59H2,1-2H3,(H,64,68)/b57-55+. The Bertz CT molecular complexity index is 971. The van der Waals surface area contributed by atoms with Gasteiger partial charge in [0.1, 0.15) is 6.10 Å². The summed E-state index contributed by atoms with van der Waals surface area (Å²) in [6.07, 6.45) is 74.7. The summed E-state index contributed by atoms with van der Waals surface area (Å²) in [6, 6.07) is -0.795. The quantitative estimate of drug-likeness (QED) is 0.0361. The van der Waals surface area contributed by atoms with Crippen LogP contribution in [0.3, 0.4) is 0 Å². The summed E-state index contributed by atoms with van der Waals surface area (Å²) in [7, 11) is 0. The Labute approximate surface area is 427 Å². The van der Waals surface area contributed by atoms with E-state index in [2.05, 4.69) is 19.2 Å². The zero-order chi connectivity index (χ0) is 49.3. The van der Waals surface area contributed by atoms with Crippen molar-refractivity contribution in [2.45, 2.75) is 379 Å². The number of hydrogen-bond acceptors (Lipinski definition) is 4. The third-order valence-corrected chi connectivity index (χ3v) is 15.1. The molecule has 0 spiro atoms. The lowest BCUT2D eigenvalue weighted by molar-refractivity contribution is -0.131. The maximum absolute atomic E-state index is 12.6. The second kappa shape index (κ2) is 58.7. The Morgan fingerprint density at radius 1 is 0.353 bits per heavy atom. The van der Waals surface area contributed by atoms with Crippen molar-refractivity contribution in [3.63, 3.8) is 0 Å². The molecule has 4 N–H and O–H groups in total. The summed E-state index contributed by atoms with van der Waals surface area (Å²) in [5, 5.41) is 33.5. The van der Waals surface area contributed by atoms with E-state index >= 15 is 0 Å². The van der Waals surface area contributed by atoms with Crippen LogP contribution in [0.2, 0.25) is 0 Å². The Kier molecular flexibility index (Phi) is 57.9. The maximum atomic E-state index is 12.6. The molecule has 406 valence electrons. The molecule has 0 radical (unpaired) electrons. The van der Waals surface area contributed by atoms with Gasteiger partial charge >= 0.3 is 0 Å². The van der Waals surface area contributed by atoms with Crippen LogP contribution in [0.4, 0.5) is 0 Å². The van der Waals surface area contributed by atoms with Crippen molar-refractivity contribution >= 4 is 5.91 Å². The number of aliphatic hydroxyl groups is 3. The van der Waals surface area contributed by atoms with Crippen molar-refractivity contribution in [3.8, 4) is 0 Å². The van der Waals surface area contributed by atoms with Gasteiger partial charge in [-0.15, -0.1) is 0 Å². The monoisotopic (exact) mass is 960 g/mol. The molecule has 0 rings (SSSR count). The topological polar surface area (TPSA) is 89.8 Å². The van der Waals surface area contributed by atoms with Crippen LogP contribution in [-0.2, 0) is 4.79 Å². The summed E-state index contributed by atoms with van der Waals surface area (Å²) in [5.74, 6) is -0.494. The lowest BCUT2D eigenvalue weighted by Crippen LogP contribution is -2.48. The van der Waals surface area contributed by atoms with E-state index in [0.29, 0.717) is 6.42 Å².